The van der Waals surface area contributed by atoms with Crippen LogP contribution in [0.2, 0.25) is 25.7 Å². The van der Waals surface area contributed by atoms with Gasteiger partial charge in [-0.1, -0.05) is 37.8 Å². The molecule has 11 nitrogen and oxygen atoms in total. The van der Waals surface area contributed by atoms with Gasteiger partial charge in [0.05, 0.1) is 11.6 Å². The molecular formula is C29H45N3O8SSi. The van der Waals surface area contributed by atoms with E-state index in [1.807, 2.05) is 24.3 Å². The van der Waals surface area contributed by atoms with Crippen molar-refractivity contribution in [2.45, 2.75) is 102 Å². The number of H-pyrrole nitrogens is 1. The number of thioether (sulfide) groups is 1. The molecule has 0 fully saturated rings. The number of carboxylic acids is 1. The van der Waals surface area contributed by atoms with E-state index in [1.165, 1.54) is 11.8 Å². The Labute approximate surface area is 252 Å². The number of benzene rings is 1. The van der Waals surface area contributed by atoms with E-state index < -0.39 is 55.5 Å². The van der Waals surface area contributed by atoms with Gasteiger partial charge in [-0.15, -0.1) is 11.8 Å². The molecule has 2 unspecified atom stereocenters. The number of rotatable bonds is 12. The van der Waals surface area contributed by atoms with Crippen LogP contribution in [0.3, 0.4) is 0 Å². The summed E-state index contributed by atoms with van der Waals surface area (Å²) in [6, 6.07) is 5.81. The average Bonchev–Trinajstić information content (AvgIpc) is 3.15. The van der Waals surface area contributed by atoms with E-state index in [1.54, 1.807) is 41.5 Å². The molecule has 0 aliphatic heterocycles. The minimum Gasteiger partial charge on any atom is -0.480 e. The fourth-order valence-corrected chi connectivity index (χ4v) is 5.51. The Bertz CT molecular complexity index is 1260. The van der Waals surface area contributed by atoms with E-state index in [9.17, 15) is 24.3 Å². The zero-order chi connectivity index (χ0) is 31.9. The highest BCUT2D eigenvalue weighted by atomic mass is 32.2. The van der Waals surface area contributed by atoms with Crippen LogP contribution in [0.4, 0.5) is 9.59 Å². The van der Waals surface area contributed by atoms with Gasteiger partial charge in [0.2, 0.25) is 0 Å². The fourth-order valence-electron chi connectivity index (χ4n) is 3.70. The first-order valence-corrected chi connectivity index (χ1v) is 18.5. The molecule has 1 aromatic carbocycles. The molecule has 234 valence electrons. The molecule has 2 aromatic rings. The number of ether oxygens (including phenoxy) is 3. The summed E-state index contributed by atoms with van der Waals surface area (Å²) in [4.78, 5) is 53.4. The second kappa shape index (κ2) is 14.3. The smallest absolute Gasteiger partial charge is 0.408 e. The molecule has 0 radical (unpaired) electrons. The third-order valence-electron chi connectivity index (χ3n) is 5.63. The summed E-state index contributed by atoms with van der Waals surface area (Å²) in [5.74, 6) is -1.78. The molecule has 0 saturated carbocycles. The molecule has 2 amide bonds. The highest BCUT2D eigenvalue weighted by Gasteiger charge is 2.30. The molecule has 0 bridgehead atoms. The minimum atomic E-state index is -1.43. The maximum Gasteiger partial charge on any atom is 0.408 e. The van der Waals surface area contributed by atoms with Crippen molar-refractivity contribution in [1.82, 2.24) is 15.6 Å². The van der Waals surface area contributed by atoms with Gasteiger partial charge in [0, 0.05) is 31.2 Å². The monoisotopic (exact) mass is 623 g/mol. The molecule has 2 atom stereocenters. The van der Waals surface area contributed by atoms with Crippen molar-refractivity contribution in [2.24, 2.45) is 0 Å². The van der Waals surface area contributed by atoms with E-state index in [0.29, 0.717) is 10.6 Å². The third kappa shape index (κ3) is 12.4. The van der Waals surface area contributed by atoms with Crippen molar-refractivity contribution in [3.8, 4) is 0 Å². The Morgan fingerprint density at radius 3 is 2.10 bits per heavy atom. The normalized spacial score (nSPS) is 13.6. The molecule has 0 aliphatic rings. The minimum absolute atomic E-state index is 0.0403. The van der Waals surface area contributed by atoms with Crippen LogP contribution in [0.15, 0.2) is 29.3 Å². The Morgan fingerprint density at radius 1 is 0.929 bits per heavy atom. The van der Waals surface area contributed by atoms with Crippen molar-refractivity contribution in [1.29, 1.82) is 0 Å². The zero-order valence-corrected chi connectivity index (χ0v) is 27.8. The maximum absolute atomic E-state index is 13.0. The molecule has 0 aliphatic carbocycles. The Hall–Kier alpha value is -3.19. The lowest BCUT2D eigenvalue weighted by Crippen LogP contribution is -2.47. The second-order valence-corrected chi connectivity index (χ2v) is 19.9. The van der Waals surface area contributed by atoms with Crippen LogP contribution in [0.25, 0.3) is 10.9 Å². The van der Waals surface area contributed by atoms with Crippen LogP contribution >= 0.6 is 11.8 Å². The molecule has 1 heterocycles. The lowest BCUT2D eigenvalue weighted by atomic mass is 10.1. The van der Waals surface area contributed by atoms with Crippen molar-refractivity contribution >= 4 is 54.9 Å². The summed E-state index contributed by atoms with van der Waals surface area (Å²) in [6.45, 7) is 17.0. The van der Waals surface area contributed by atoms with E-state index in [2.05, 4.69) is 35.3 Å². The van der Waals surface area contributed by atoms with Crippen LogP contribution < -0.4 is 10.6 Å². The maximum atomic E-state index is 13.0. The number of fused-ring (bicyclic) bond motifs is 1. The highest BCUT2D eigenvalue weighted by Crippen LogP contribution is 2.32. The molecule has 4 N–H and O–H groups in total. The fraction of sp³-hybridized carbons (Fsp3) is 0.586. The Kier molecular flexibility index (Phi) is 11.9. The second-order valence-electron chi connectivity index (χ2n) is 13.2. The quantitative estimate of drug-likeness (QED) is 0.103. The van der Waals surface area contributed by atoms with Crippen LogP contribution in [0, 0.1) is 0 Å². The molecule has 0 saturated heterocycles. The third-order valence-corrected chi connectivity index (χ3v) is 8.48. The van der Waals surface area contributed by atoms with Gasteiger partial charge in [0.25, 0.3) is 0 Å². The number of aromatic amines is 1. The van der Waals surface area contributed by atoms with Gasteiger partial charge in [-0.2, -0.15) is 0 Å². The number of carbonyl (C=O) groups excluding carboxylic acids is 3. The summed E-state index contributed by atoms with van der Waals surface area (Å²) < 4.78 is 16.1. The zero-order valence-electron chi connectivity index (χ0n) is 26.0. The average molecular weight is 624 g/mol. The number of carboxylic acid groups (broad SMARTS) is 1. The predicted octanol–water partition coefficient (Wildman–Crippen LogP) is 5.56. The molecule has 1 aromatic heterocycles. The van der Waals surface area contributed by atoms with E-state index in [0.717, 1.165) is 16.9 Å². The molecule has 13 heteroatoms. The van der Waals surface area contributed by atoms with Crippen molar-refractivity contribution in [3.05, 3.63) is 29.8 Å². The van der Waals surface area contributed by atoms with Gasteiger partial charge in [0.1, 0.15) is 23.3 Å². The van der Waals surface area contributed by atoms with Gasteiger partial charge >= 0.3 is 24.1 Å². The Morgan fingerprint density at radius 2 is 1.52 bits per heavy atom. The van der Waals surface area contributed by atoms with Crippen LogP contribution in [-0.2, 0) is 30.2 Å². The van der Waals surface area contributed by atoms with Gasteiger partial charge in [-0.25, -0.2) is 19.2 Å². The summed E-state index contributed by atoms with van der Waals surface area (Å²) in [5.41, 5.74) is -0.155. The summed E-state index contributed by atoms with van der Waals surface area (Å²) in [7, 11) is -1.43. The number of alkyl carbamates (subject to hydrolysis) is 2. The predicted molar refractivity (Wildman–Crippen MR) is 166 cm³/mol. The molecule has 2 rings (SSSR count). The number of aromatic nitrogens is 1. The number of amides is 2. The van der Waals surface area contributed by atoms with Crippen LogP contribution in [0.1, 0.15) is 47.1 Å². The standard InChI is InChI=1S/C29H45N3O8SSi/c1-28(2,3)39-25(35)22(32-27(37)40-29(4,5)6)17-41-23-19(18-12-10-11-13-20(18)30-23)16-21(24(33)34)31-26(36)38-14-15-42(7,8)9/h10-13,21-22,30H,14-17H2,1-9H3,(H,31,36)(H,32,37)(H,33,34). The number of aliphatic carboxylic acids is 1. The largest absolute Gasteiger partial charge is 0.480 e. The first-order valence-electron chi connectivity index (χ1n) is 13.8. The lowest BCUT2D eigenvalue weighted by molar-refractivity contribution is -0.156. The SMILES string of the molecule is CC(C)(C)OC(=O)NC(CSc1[nH]c2ccccc2c1CC(NC(=O)OCC[Si](C)(C)C)C(=O)O)C(=O)OC(C)(C)C. The van der Waals surface area contributed by atoms with E-state index in [4.69, 9.17) is 14.2 Å². The van der Waals surface area contributed by atoms with E-state index in [-0.39, 0.29) is 18.8 Å². The van der Waals surface area contributed by atoms with Gasteiger partial charge in [0.15, 0.2) is 0 Å². The summed E-state index contributed by atoms with van der Waals surface area (Å²) >= 11 is 1.23. The Balaban J connectivity index is 2.29. The lowest BCUT2D eigenvalue weighted by Gasteiger charge is -2.26. The van der Waals surface area contributed by atoms with Gasteiger partial charge < -0.3 is 34.9 Å². The highest BCUT2D eigenvalue weighted by molar-refractivity contribution is 7.99. The van der Waals surface area contributed by atoms with Crippen molar-refractivity contribution in [3.63, 3.8) is 0 Å². The van der Waals surface area contributed by atoms with Crippen molar-refractivity contribution < 1.29 is 38.5 Å². The molecule has 0 spiro atoms. The number of hydrogen-bond acceptors (Lipinski definition) is 8. The number of hydrogen-bond donors (Lipinski definition) is 4. The number of para-hydroxylation sites is 1. The van der Waals surface area contributed by atoms with Crippen molar-refractivity contribution in [2.75, 3.05) is 12.4 Å². The molecule has 42 heavy (non-hydrogen) atoms. The summed E-state index contributed by atoms with van der Waals surface area (Å²) in [6.07, 6.45) is -1.60. The number of carbonyl (C=O) groups is 4. The van der Waals surface area contributed by atoms with E-state index >= 15 is 0 Å². The topological polar surface area (TPSA) is 156 Å². The first-order chi connectivity index (χ1) is 19.2. The van der Waals surface area contributed by atoms with Gasteiger partial charge in [-0.3, -0.25) is 0 Å². The van der Waals surface area contributed by atoms with Gasteiger partial charge in [-0.05, 0) is 59.2 Å². The van der Waals surface area contributed by atoms with Crippen LogP contribution in [-0.4, -0.2) is 77.9 Å². The number of esters is 1. The first kappa shape index (κ1) is 35.0. The van der Waals surface area contributed by atoms with Crippen LogP contribution in [0.5, 0.6) is 0 Å². The number of nitrogens with one attached hydrogen (secondary N) is 3. The molecular weight excluding hydrogens is 578 g/mol. The summed E-state index contributed by atoms with van der Waals surface area (Å²) in [5, 5.41) is 16.4.